The topological polar surface area (TPSA) is 56.6 Å². The fraction of sp³-hybridized carbons (Fsp3) is 0.524. The van der Waals surface area contributed by atoms with Crippen molar-refractivity contribution in [2.45, 2.75) is 32.7 Å². The van der Waals surface area contributed by atoms with Crippen molar-refractivity contribution in [2.75, 3.05) is 33.4 Å². The molecule has 0 bridgehead atoms. The van der Waals surface area contributed by atoms with Crippen LogP contribution in [-0.4, -0.2) is 53.8 Å². The summed E-state index contributed by atoms with van der Waals surface area (Å²) >= 11 is 0. The maximum atomic E-state index is 12.2. The number of hydrogen-bond acceptors (Lipinski definition) is 4. The normalized spacial score (nSPS) is 17.9. The number of carbonyl (C=O) groups excluding carboxylic acids is 1. The summed E-state index contributed by atoms with van der Waals surface area (Å²) in [7, 11) is 1.68. The SMILES string of the molecule is CCOCC(=O)N1CCC2(CC1)Cc1ncc(-c3ccc(OC)cc3)n1C2. The zero-order valence-corrected chi connectivity index (χ0v) is 16.1. The van der Waals surface area contributed by atoms with Gasteiger partial charge in [0, 0.05) is 38.2 Å². The van der Waals surface area contributed by atoms with Crippen molar-refractivity contribution in [1.82, 2.24) is 14.5 Å². The Hall–Kier alpha value is -2.34. The van der Waals surface area contributed by atoms with Gasteiger partial charge in [0.25, 0.3) is 0 Å². The van der Waals surface area contributed by atoms with E-state index in [2.05, 4.69) is 16.7 Å². The van der Waals surface area contributed by atoms with Gasteiger partial charge in [-0.3, -0.25) is 4.79 Å². The summed E-state index contributed by atoms with van der Waals surface area (Å²) in [4.78, 5) is 18.8. The van der Waals surface area contributed by atoms with Crippen LogP contribution in [0.15, 0.2) is 30.5 Å². The van der Waals surface area contributed by atoms with Gasteiger partial charge in [0.15, 0.2) is 0 Å². The van der Waals surface area contributed by atoms with E-state index in [9.17, 15) is 4.79 Å². The van der Waals surface area contributed by atoms with E-state index in [0.29, 0.717) is 6.61 Å². The highest BCUT2D eigenvalue weighted by molar-refractivity contribution is 5.77. The van der Waals surface area contributed by atoms with Crippen LogP contribution in [0.25, 0.3) is 11.3 Å². The molecule has 144 valence electrons. The zero-order valence-electron chi connectivity index (χ0n) is 16.1. The Kier molecular flexibility index (Phi) is 4.91. The van der Waals surface area contributed by atoms with E-state index in [4.69, 9.17) is 14.5 Å². The summed E-state index contributed by atoms with van der Waals surface area (Å²) in [5.41, 5.74) is 2.56. The lowest BCUT2D eigenvalue weighted by Gasteiger charge is -2.39. The number of likely N-dealkylation sites (tertiary alicyclic amines) is 1. The number of imidazole rings is 1. The first kappa shape index (κ1) is 18.0. The van der Waals surface area contributed by atoms with Crippen LogP contribution in [0, 0.1) is 5.41 Å². The lowest BCUT2D eigenvalue weighted by atomic mass is 9.77. The number of carbonyl (C=O) groups is 1. The van der Waals surface area contributed by atoms with E-state index >= 15 is 0 Å². The first-order chi connectivity index (χ1) is 13.1. The van der Waals surface area contributed by atoms with E-state index in [1.165, 1.54) is 5.69 Å². The Morgan fingerprint density at radius 3 is 2.63 bits per heavy atom. The Labute approximate surface area is 160 Å². The van der Waals surface area contributed by atoms with Crippen molar-refractivity contribution in [3.05, 3.63) is 36.3 Å². The van der Waals surface area contributed by atoms with Gasteiger partial charge in [0.05, 0.1) is 19.0 Å². The summed E-state index contributed by atoms with van der Waals surface area (Å²) in [6, 6.07) is 8.15. The van der Waals surface area contributed by atoms with E-state index in [1.54, 1.807) is 7.11 Å². The molecule has 1 spiro atoms. The number of piperidine rings is 1. The molecule has 1 aromatic heterocycles. The standard InChI is InChI=1S/C21H27N3O3/c1-3-27-14-20(25)23-10-8-21(9-11-23)12-19-22-13-18(24(19)15-21)16-4-6-17(26-2)7-5-16/h4-7,13H,3,8-12,14-15H2,1-2H3. The molecule has 1 saturated heterocycles. The van der Waals surface area contributed by atoms with E-state index in [0.717, 1.165) is 56.0 Å². The molecule has 2 aromatic rings. The number of nitrogens with zero attached hydrogens (tertiary/aromatic N) is 3. The number of rotatable bonds is 5. The fourth-order valence-electron chi connectivity index (χ4n) is 4.30. The van der Waals surface area contributed by atoms with Gasteiger partial charge in [-0.15, -0.1) is 0 Å². The number of fused-ring (bicyclic) bond motifs is 1. The van der Waals surface area contributed by atoms with Crippen LogP contribution >= 0.6 is 0 Å². The van der Waals surface area contributed by atoms with Crippen molar-refractivity contribution >= 4 is 5.91 Å². The second-order valence-corrected chi connectivity index (χ2v) is 7.57. The highest BCUT2D eigenvalue weighted by Crippen LogP contribution is 2.43. The van der Waals surface area contributed by atoms with Gasteiger partial charge in [-0.2, -0.15) is 0 Å². The van der Waals surface area contributed by atoms with E-state index < -0.39 is 0 Å². The molecule has 0 atom stereocenters. The van der Waals surface area contributed by atoms with Crippen LogP contribution in [-0.2, 0) is 22.5 Å². The minimum atomic E-state index is 0.112. The van der Waals surface area contributed by atoms with Crippen LogP contribution in [0.5, 0.6) is 5.75 Å². The highest BCUT2D eigenvalue weighted by Gasteiger charge is 2.42. The predicted octanol–water partition coefficient (Wildman–Crippen LogP) is 2.76. The average Bonchev–Trinajstić information content (AvgIpc) is 3.24. The second kappa shape index (κ2) is 7.35. The molecule has 6 heteroatoms. The monoisotopic (exact) mass is 369 g/mol. The number of amides is 1. The molecule has 2 aliphatic rings. The summed E-state index contributed by atoms with van der Waals surface area (Å²) in [6.45, 7) is 5.31. The Balaban J connectivity index is 1.44. The average molecular weight is 369 g/mol. The molecule has 6 nitrogen and oxygen atoms in total. The van der Waals surface area contributed by atoms with Crippen molar-refractivity contribution in [3.63, 3.8) is 0 Å². The molecule has 0 N–H and O–H groups in total. The van der Waals surface area contributed by atoms with Crippen LogP contribution in [0.2, 0.25) is 0 Å². The van der Waals surface area contributed by atoms with Crippen molar-refractivity contribution in [3.8, 4) is 17.0 Å². The van der Waals surface area contributed by atoms with Crippen molar-refractivity contribution in [1.29, 1.82) is 0 Å². The molecule has 0 aliphatic carbocycles. The quantitative estimate of drug-likeness (QED) is 0.813. The summed E-state index contributed by atoms with van der Waals surface area (Å²) in [5, 5.41) is 0. The van der Waals surface area contributed by atoms with E-state index in [-0.39, 0.29) is 17.9 Å². The molecule has 1 amide bonds. The zero-order chi connectivity index (χ0) is 18.9. The lowest BCUT2D eigenvalue weighted by Crippen LogP contribution is -2.45. The number of hydrogen-bond donors (Lipinski definition) is 0. The van der Waals surface area contributed by atoms with Gasteiger partial charge < -0.3 is 18.9 Å². The maximum Gasteiger partial charge on any atom is 0.248 e. The largest absolute Gasteiger partial charge is 0.497 e. The Morgan fingerprint density at radius 2 is 1.96 bits per heavy atom. The second-order valence-electron chi connectivity index (χ2n) is 7.57. The van der Waals surface area contributed by atoms with Crippen LogP contribution < -0.4 is 4.74 Å². The molecule has 0 radical (unpaired) electrons. The third kappa shape index (κ3) is 3.46. The first-order valence-corrected chi connectivity index (χ1v) is 9.68. The van der Waals surface area contributed by atoms with Crippen molar-refractivity contribution in [2.24, 2.45) is 5.41 Å². The predicted molar refractivity (Wildman–Crippen MR) is 103 cm³/mol. The van der Waals surface area contributed by atoms with Crippen LogP contribution in [0.3, 0.4) is 0 Å². The van der Waals surface area contributed by atoms with Gasteiger partial charge in [0.2, 0.25) is 5.91 Å². The van der Waals surface area contributed by atoms with Gasteiger partial charge in [-0.25, -0.2) is 4.98 Å². The summed E-state index contributed by atoms with van der Waals surface area (Å²) in [5.74, 6) is 2.14. The number of methoxy groups -OCH3 is 1. The molecule has 2 aliphatic heterocycles. The Morgan fingerprint density at radius 1 is 1.22 bits per heavy atom. The molecule has 27 heavy (non-hydrogen) atoms. The smallest absolute Gasteiger partial charge is 0.248 e. The third-order valence-electron chi connectivity index (χ3n) is 5.96. The third-order valence-corrected chi connectivity index (χ3v) is 5.96. The minimum Gasteiger partial charge on any atom is -0.497 e. The molecule has 4 rings (SSSR count). The maximum absolute atomic E-state index is 12.2. The van der Waals surface area contributed by atoms with Crippen molar-refractivity contribution < 1.29 is 14.3 Å². The van der Waals surface area contributed by atoms with Crippen LogP contribution in [0.1, 0.15) is 25.6 Å². The molecule has 0 saturated carbocycles. The highest BCUT2D eigenvalue weighted by atomic mass is 16.5. The number of aromatic nitrogens is 2. The van der Waals surface area contributed by atoms with Gasteiger partial charge in [-0.1, -0.05) is 0 Å². The van der Waals surface area contributed by atoms with Gasteiger partial charge in [-0.05, 0) is 49.4 Å². The molecular formula is C21H27N3O3. The Bertz CT molecular complexity index is 805. The van der Waals surface area contributed by atoms with Gasteiger partial charge >= 0.3 is 0 Å². The van der Waals surface area contributed by atoms with Gasteiger partial charge in [0.1, 0.15) is 18.2 Å². The fourth-order valence-corrected chi connectivity index (χ4v) is 4.30. The summed E-state index contributed by atoms with van der Waals surface area (Å²) < 4.78 is 12.9. The number of benzene rings is 1. The number of ether oxygens (including phenoxy) is 2. The van der Waals surface area contributed by atoms with E-state index in [1.807, 2.05) is 30.2 Å². The minimum absolute atomic E-state index is 0.112. The first-order valence-electron chi connectivity index (χ1n) is 9.68. The molecule has 1 aromatic carbocycles. The van der Waals surface area contributed by atoms with Crippen LogP contribution in [0.4, 0.5) is 0 Å². The molecule has 1 fully saturated rings. The molecule has 0 unspecified atom stereocenters. The lowest BCUT2D eigenvalue weighted by molar-refractivity contribution is -0.138. The molecular weight excluding hydrogens is 342 g/mol. The molecule has 3 heterocycles. The summed E-state index contributed by atoms with van der Waals surface area (Å²) in [6.07, 6.45) is 5.02.